The standard InChI is InChI=1S/C18H20N2O4/c1-3-22-15-8-4-5-9-16(15)23-12-17(21)20-11-13(2)24-18-14(20)7-6-10-19-18/h4-10,13H,3,11-12H2,1-2H3/t13-/m1/s1. The van der Waals surface area contributed by atoms with Crippen LogP contribution in [0.4, 0.5) is 5.69 Å². The molecule has 1 aromatic carbocycles. The van der Waals surface area contributed by atoms with Gasteiger partial charge < -0.3 is 19.1 Å². The molecule has 0 unspecified atom stereocenters. The molecule has 6 heteroatoms. The first-order valence-electron chi connectivity index (χ1n) is 7.95. The van der Waals surface area contributed by atoms with Crippen LogP contribution in [-0.4, -0.2) is 36.8 Å². The van der Waals surface area contributed by atoms with Crippen molar-refractivity contribution < 1.29 is 19.0 Å². The van der Waals surface area contributed by atoms with Gasteiger partial charge in [0.1, 0.15) is 11.8 Å². The van der Waals surface area contributed by atoms with Crippen LogP contribution in [0.25, 0.3) is 0 Å². The van der Waals surface area contributed by atoms with Gasteiger partial charge in [0.05, 0.1) is 13.2 Å². The summed E-state index contributed by atoms with van der Waals surface area (Å²) < 4.78 is 16.8. The molecule has 2 aromatic rings. The molecule has 0 N–H and O–H groups in total. The number of fused-ring (bicyclic) bond motifs is 1. The monoisotopic (exact) mass is 328 g/mol. The normalized spacial score (nSPS) is 16.1. The molecule has 0 saturated heterocycles. The number of para-hydroxylation sites is 2. The van der Waals surface area contributed by atoms with Crippen molar-refractivity contribution in [2.24, 2.45) is 0 Å². The molecule has 0 aliphatic carbocycles. The lowest BCUT2D eigenvalue weighted by Crippen LogP contribution is -2.44. The minimum atomic E-state index is -0.147. The summed E-state index contributed by atoms with van der Waals surface area (Å²) in [5.74, 6) is 1.51. The van der Waals surface area contributed by atoms with E-state index in [-0.39, 0.29) is 18.6 Å². The summed E-state index contributed by atoms with van der Waals surface area (Å²) in [5, 5.41) is 0. The van der Waals surface area contributed by atoms with Gasteiger partial charge in [-0.2, -0.15) is 0 Å². The zero-order chi connectivity index (χ0) is 16.9. The first-order valence-corrected chi connectivity index (χ1v) is 7.95. The lowest BCUT2D eigenvalue weighted by atomic mass is 10.2. The van der Waals surface area contributed by atoms with E-state index in [4.69, 9.17) is 14.2 Å². The van der Waals surface area contributed by atoms with E-state index in [9.17, 15) is 4.79 Å². The van der Waals surface area contributed by atoms with E-state index in [1.165, 1.54) is 0 Å². The first-order chi connectivity index (χ1) is 11.7. The third-order valence-electron chi connectivity index (χ3n) is 3.60. The number of nitrogens with zero attached hydrogens (tertiary/aromatic N) is 2. The molecule has 1 aliphatic heterocycles. The van der Waals surface area contributed by atoms with E-state index in [0.29, 0.717) is 36.2 Å². The molecule has 0 radical (unpaired) electrons. The van der Waals surface area contributed by atoms with Crippen LogP contribution >= 0.6 is 0 Å². The highest BCUT2D eigenvalue weighted by Crippen LogP contribution is 2.31. The summed E-state index contributed by atoms with van der Waals surface area (Å²) in [6.45, 7) is 4.73. The lowest BCUT2D eigenvalue weighted by molar-refractivity contribution is -0.121. The Bertz CT molecular complexity index is 720. The number of ether oxygens (including phenoxy) is 3. The molecule has 0 bridgehead atoms. The third-order valence-corrected chi connectivity index (χ3v) is 3.60. The topological polar surface area (TPSA) is 60.9 Å². The summed E-state index contributed by atoms with van der Waals surface area (Å²) >= 11 is 0. The molecule has 126 valence electrons. The third kappa shape index (κ3) is 3.42. The predicted molar refractivity (Wildman–Crippen MR) is 89.8 cm³/mol. The maximum atomic E-state index is 12.6. The molecular formula is C18H20N2O4. The second-order valence-electron chi connectivity index (χ2n) is 5.43. The average Bonchev–Trinajstić information content (AvgIpc) is 2.60. The fourth-order valence-corrected chi connectivity index (χ4v) is 2.56. The molecule has 1 amide bonds. The van der Waals surface area contributed by atoms with Gasteiger partial charge in [-0.15, -0.1) is 0 Å². The Labute approximate surface area is 141 Å². The highest BCUT2D eigenvalue weighted by molar-refractivity contribution is 5.96. The van der Waals surface area contributed by atoms with E-state index >= 15 is 0 Å². The molecule has 0 saturated carbocycles. The molecule has 0 spiro atoms. The largest absolute Gasteiger partial charge is 0.490 e. The van der Waals surface area contributed by atoms with Crippen molar-refractivity contribution in [1.29, 1.82) is 0 Å². The van der Waals surface area contributed by atoms with Crippen molar-refractivity contribution in [2.45, 2.75) is 20.0 Å². The van der Waals surface area contributed by atoms with Crippen LogP contribution in [0.15, 0.2) is 42.6 Å². The lowest BCUT2D eigenvalue weighted by Gasteiger charge is -2.32. The number of aromatic nitrogens is 1. The van der Waals surface area contributed by atoms with Crippen molar-refractivity contribution in [3.05, 3.63) is 42.6 Å². The molecule has 1 aliphatic rings. The smallest absolute Gasteiger partial charge is 0.265 e. The van der Waals surface area contributed by atoms with Crippen LogP contribution in [0.5, 0.6) is 17.4 Å². The van der Waals surface area contributed by atoms with Crippen molar-refractivity contribution >= 4 is 11.6 Å². The maximum Gasteiger partial charge on any atom is 0.265 e. The number of hydrogen-bond donors (Lipinski definition) is 0. The molecular weight excluding hydrogens is 308 g/mol. The molecule has 24 heavy (non-hydrogen) atoms. The van der Waals surface area contributed by atoms with Gasteiger partial charge in [0.2, 0.25) is 5.88 Å². The number of anilines is 1. The number of carbonyl (C=O) groups excluding carboxylic acids is 1. The highest BCUT2D eigenvalue weighted by Gasteiger charge is 2.28. The van der Waals surface area contributed by atoms with Crippen LogP contribution in [0.3, 0.4) is 0 Å². The summed E-state index contributed by atoms with van der Waals surface area (Å²) in [4.78, 5) is 18.5. The Balaban J connectivity index is 1.72. The number of pyridine rings is 1. The quantitative estimate of drug-likeness (QED) is 0.844. The molecule has 1 atom stereocenters. The Morgan fingerprint density at radius 3 is 2.75 bits per heavy atom. The Morgan fingerprint density at radius 1 is 1.25 bits per heavy atom. The average molecular weight is 328 g/mol. The fourth-order valence-electron chi connectivity index (χ4n) is 2.56. The maximum absolute atomic E-state index is 12.6. The van der Waals surface area contributed by atoms with Gasteiger partial charge in [0.25, 0.3) is 5.91 Å². The number of hydrogen-bond acceptors (Lipinski definition) is 5. The van der Waals surface area contributed by atoms with Gasteiger partial charge in [0.15, 0.2) is 18.1 Å². The van der Waals surface area contributed by atoms with Crippen LogP contribution in [0, 0.1) is 0 Å². The van der Waals surface area contributed by atoms with Crippen molar-refractivity contribution in [1.82, 2.24) is 4.98 Å². The summed E-state index contributed by atoms with van der Waals surface area (Å²) in [6.07, 6.45) is 1.53. The summed E-state index contributed by atoms with van der Waals surface area (Å²) in [7, 11) is 0. The van der Waals surface area contributed by atoms with E-state index in [0.717, 1.165) is 0 Å². The first kappa shape index (κ1) is 16.1. The Kier molecular flexibility index (Phi) is 4.84. The summed E-state index contributed by atoms with van der Waals surface area (Å²) in [6, 6.07) is 10.9. The highest BCUT2D eigenvalue weighted by atomic mass is 16.5. The van der Waals surface area contributed by atoms with Crippen LogP contribution in [0.1, 0.15) is 13.8 Å². The minimum Gasteiger partial charge on any atom is -0.490 e. The Morgan fingerprint density at radius 2 is 2.00 bits per heavy atom. The number of amides is 1. The van der Waals surface area contributed by atoms with Gasteiger partial charge >= 0.3 is 0 Å². The molecule has 0 fully saturated rings. The van der Waals surface area contributed by atoms with E-state index in [1.807, 2.05) is 38.1 Å². The number of rotatable bonds is 5. The molecule has 3 rings (SSSR count). The fraction of sp³-hybridized carbons (Fsp3) is 0.333. The van der Waals surface area contributed by atoms with Crippen LogP contribution in [0.2, 0.25) is 0 Å². The van der Waals surface area contributed by atoms with Crippen molar-refractivity contribution in [2.75, 3.05) is 24.7 Å². The van der Waals surface area contributed by atoms with Gasteiger partial charge in [-0.25, -0.2) is 4.98 Å². The molecule has 6 nitrogen and oxygen atoms in total. The van der Waals surface area contributed by atoms with E-state index in [2.05, 4.69) is 4.98 Å². The van der Waals surface area contributed by atoms with Crippen LogP contribution < -0.4 is 19.1 Å². The predicted octanol–water partition coefficient (Wildman–Crippen LogP) is 2.67. The SMILES string of the molecule is CCOc1ccccc1OCC(=O)N1C[C@@H](C)Oc2ncccc21. The minimum absolute atomic E-state index is 0.0782. The molecule has 1 aromatic heterocycles. The Hall–Kier alpha value is -2.76. The van der Waals surface area contributed by atoms with E-state index < -0.39 is 0 Å². The van der Waals surface area contributed by atoms with Gasteiger partial charge in [-0.1, -0.05) is 12.1 Å². The zero-order valence-electron chi connectivity index (χ0n) is 13.8. The van der Waals surface area contributed by atoms with Crippen molar-refractivity contribution in [3.63, 3.8) is 0 Å². The van der Waals surface area contributed by atoms with E-state index in [1.54, 1.807) is 23.2 Å². The molecule has 2 heterocycles. The second kappa shape index (κ2) is 7.21. The van der Waals surface area contributed by atoms with Crippen molar-refractivity contribution in [3.8, 4) is 17.4 Å². The number of benzene rings is 1. The van der Waals surface area contributed by atoms with Crippen LogP contribution in [-0.2, 0) is 4.79 Å². The van der Waals surface area contributed by atoms with Gasteiger partial charge in [0, 0.05) is 6.20 Å². The second-order valence-corrected chi connectivity index (χ2v) is 5.43. The zero-order valence-corrected chi connectivity index (χ0v) is 13.8. The number of carbonyl (C=O) groups is 1. The van der Waals surface area contributed by atoms with Gasteiger partial charge in [-0.3, -0.25) is 4.79 Å². The summed E-state index contributed by atoms with van der Waals surface area (Å²) in [5.41, 5.74) is 0.669. The van der Waals surface area contributed by atoms with Gasteiger partial charge in [-0.05, 0) is 38.1 Å².